The number of anilines is 2. The number of hydrogen-bond donors (Lipinski definition) is 2. The molecule has 0 aliphatic carbocycles. The highest BCUT2D eigenvalue weighted by Gasteiger charge is 2.19. The van der Waals surface area contributed by atoms with E-state index in [1.165, 1.54) is 0 Å². The quantitative estimate of drug-likeness (QED) is 0.653. The van der Waals surface area contributed by atoms with Crippen molar-refractivity contribution < 1.29 is 14.6 Å². The van der Waals surface area contributed by atoms with Gasteiger partial charge in [-0.15, -0.1) is 0 Å². The predicted molar refractivity (Wildman–Crippen MR) is 118 cm³/mol. The van der Waals surface area contributed by atoms with Crippen LogP contribution in [0.2, 0.25) is 0 Å². The standard InChI is InChI=1S/C24H25N3O3/c28-21-10-8-20(9-11-21)27-16-14-26(15-17-27)18-24(29)25-19-6-12-23(13-7-19)30-22-4-2-1-3-5-22/h1-13,28H,14-18H2,(H,25,29). The zero-order chi connectivity index (χ0) is 20.8. The van der Waals surface area contributed by atoms with Crippen molar-refractivity contribution in [3.8, 4) is 17.2 Å². The van der Waals surface area contributed by atoms with Gasteiger partial charge in [-0.3, -0.25) is 9.69 Å². The summed E-state index contributed by atoms with van der Waals surface area (Å²) in [4.78, 5) is 16.8. The van der Waals surface area contributed by atoms with Crippen LogP contribution >= 0.6 is 0 Å². The van der Waals surface area contributed by atoms with Crippen molar-refractivity contribution in [3.05, 3.63) is 78.9 Å². The normalized spacial score (nSPS) is 14.3. The van der Waals surface area contributed by atoms with Gasteiger partial charge in [0.25, 0.3) is 0 Å². The smallest absolute Gasteiger partial charge is 0.238 e. The molecule has 0 unspecified atom stereocenters. The van der Waals surface area contributed by atoms with Gasteiger partial charge in [0.15, 0.2) is 0 Å². The first-order valence-electron chi connectivity index (χ1n) is 10.0. The van der Waals surface area contributed by atoms with E-state index in [0.29, 0.717) is 6.54 Å². The average molecular weight is 403 g/mol. The lowest BCUT2D eigenvalue weighted by Gasteiger charge is -2.35. The maximum absolute atomic E-state index is 12.4. The Morgan fingerprint density at radius 3 is 2.13 bits per heavy atom. The summed E-state index contributed by atoms with van der Waals surface area (Å²) in [5, 5.41) is 12.4. The van der Waals surface area contributed by atoms with E-state index in [4.69, 9.17) is 4.74 Å². The van der Waals surface area contributed by atoms with Crippen molar-refractivity contribution in [3.63, 3.8) is 0 Å². The van der Waals surface area contributed by atoms with Crippen LogP contribution in [0.4, 0.5) is 11.4 Å². The SMILES string of the molecule is O=C(CN1CCN(c2ccc(O)cc2)CC1)Nc1ccc(Oc2ccccc2)cc1. The second-order valence-corrected chi connectivity index (χ2v) is 7.27. The van der Waals surface area contributed by atoms with Crippen molar-refractivity contribution in [1.29, 1.82) is 0 Å². The Balaban J connectivity index is 1.23. The van der Waals surface area contributed by atoms with Crippen molar-refractivity contribution in [1.82, 2.24) is 4.90 Å². The van der Waals surface area contributed by atoms with Gasteiger partial charge >= 0.3 is 0 Å². The highest BCUT2D eigenvalue weighted by atomic mass is 16.5. The van der Waals surface area contributed by atoms with Gasteiger partial charge < -0.3 is 20.1 Å². The average Bonchev–Trinajstić information content (AvgIpc) is 2.77. The van der Waals surface area contributed by atoms with E-state index in [-0.39, 0.29) is 11.7 Å². The van der Waals surface area contributed by atoms with E-state index >= 15 is 0 Å². The first-order chi connectivity index (χ1) is 14.7. The van der Waals surface area contributed by atoms with Crippen LogP contribution in [0.5, 0.6) is 17.2 Å². The van der Waals surface area contributed by atoms with Gasteiger partial charge in [-0.1, -0.05) is 18.2 Å². The monoisotopic (exact) mass is 403 g/mol. The third-order valence-corrected chi connectivity index (χ3v) is 5.07. The molecule has 0 saturated carbocycles. The number of benzene rings is 3. The van der Waals surface area contributed by atoms with Crippen LogP contribution in [0.3, 0.4) is 0 Å². The molecule has 1 aliphatic rings. The van der Waals surface area contributed by atoms with Gasteiger partial charge in [0.1, 0.15) is 17.2 Å². The first kappa shape index (κ1) is 19.8. The summed E-state index contributed by atoms with van der Waals surface area (Å²) in [6.07, 6.45) is 0. The Labute approximate surface area is 176 Å². The summed E-state index contributed by atoms with van der Waals surface area (Å²) >= 11 is 0. The van der Waals surface area contributed by atoms with Gasteiger partial charge in [-0.25, -0.2) is 0 Å². The minimum atomic E-state index is -0.0233. The number of carbonyl (C=O) groups excluding carboxylic acids is 1. The number of hydrogen-bond acceptors (Lipinski definition) is 5. The second-order valence-electron chi connectivity index (χ2n) is 7.27. The Morgan fingerprint density at radius 1 is 0.833 bits per heavy atom. The molecular weight excluding hydrogens is 378 g/mol. The van der Waals surface area contributed by atoms with Gasteiger partial charge in [-0.2, -0.15) is 0 Å². The van der Waals surface area contributed by atoms with E-state index < -0.39 is 0 Å². The summed E-state index contributed by atoms with van der Waals surface area (Å²) < 4.78 is 5.77. The molecule has 0 atom stereocenters. The molecule has 6 heteroatoms. The molecule has 0 spiro atoms. The van der Waals surface area contributed by atoms with Gasteiger partial charge in [0.05, 0.1) is 6.54 Å². The van der Waals surface area contributed by atoms with Gasteiger partial charge in [0.2, 0.25) is 5.91 Å². The van der Waals surface area contributed by atoms with E-state index in [1.54, 1.807) is 12.1 Å². The van der Waals surface area contributed by atoms with Crippen LogP contribution in [0.15, 0.2) is 78.9 Å². The number of phenolic OH excluding ortho intramolecular Hbond substituents is 1. The zero-order valence-electron chi connectivity index (χ0n) is 16.7. The summed E-state index contributed by atoms with van der Waals surface area (Å²) in [7, 11) is 0. The van der Waals surface area contributed by atoms with E-state index in [1.807, 2.05) is 66.7 Å². The summed E-state index contributed by atoms with van der Waals surface area (Å²) in [6.45, 7) is 3.70. The number of phenols is 1. The van der Waals surface area contributed by atoms with Crippen LogP contribution < -0.4 is 15.0 Å². The fourth-order valence-corrected chi connectivity index (χ4v) is 3.46. The third-order valence-electron chi connectivity index (χ3n) is 5.07. The van der Waals surface area contributed by atoms with Crippen molar-refractivity contribution in [2.45, 2.75) is 0 Å². The molecule has 1 fully saturated rings. The lowest BCUT2D eigenvalue weighted by Crippen LogP contribution is -2.48. The highest BCUT2D eigenvalue weighted by Crippen LogP contribution is 2.23. The topological polar surface area (TPSA) is 65.0 Å². The number of para-hydroxylation sites is 1. The number of nitrogens with one attached hydrogen (secondary N) is 1. The Morgan fingerprint density at radius 2 is 1.47 bits per heavy atom. The lowest BCUT2D eigenvalue weighted by atomic mass is 10.2. The van der Waals surface area contributed by atoms with Crippen LogP contribution in [0.25, 0.3) is 0 Å². The van der Waals surface area contributed by atoms with E-state index in [2.05, 4.69) is 15.1 Å². The molecule has 2 N–H and O–H groups in total. The second kappa shape index (κ2) is 9.33. The number of amides is 1. The molecule has 154 valence electrons. The minimum Gasteiger partial charge on any atom is -0.508 e. The molecule has 1 aliphatic heterocycles. The number of piperazine rings is 1. The fourth-order valence-electron chi connectivity index (χ4n) is 3.46. The summed E-state index contributed by atoms with van der Waals surface area (Å²) in [5.41, 5.74) is 1.85. The highest BCUT2D eigenvalue weighted by molar-refractivity contribution is 5.92. The molecule has 1 amide bonds. The molecule has 4 rings (SSSR count). The molecular formula is C24H25N3O3. The summed E-state index contributed by atoms with van der Waals surface area (Å²) in [5.74, 6) is 1.75. The maximum atomic E-state index is 12.4. The molecule has 3 aromatic rings. The van der Waals surface area contributed by atoms with Gasteiger partial charge in [0, 0.05) is 37.6 Å². The lowest BCUT2D eigenvalue weighted by molar-refractivity contribution is -0.117. The molecule has 0 radical (unpaired) electrons. The van der Waals surface area contributed by atoms with Crippen molar-refractivity contribution >= 4 is 17.3 Å². The number of aromatic hydroxyl groups is 1. The van der Waals surface area contributed by atoms with Crippen LogP contribution in [-0.2, 0) is 4.79 Å². The number of nitrogens with zero attached hydrogens (tertiary/aromatic N) is 2. The van der Waals surface area contributed by atoms with Crippen LogP contribution in [0, 0.1) is 0 Å². The van der Waals surface area contributed by atoms with E-state index in [9.17, 15) is 9.90 Å². The van der Waals surface area contributed by atoms with Crippen molar-refractivity contribution in [2.75, 3.05) is 42.9 Å². The van der Waals surface area contributed by atoms with Crippen LogP contribution in [-0.4, -0.2) is 48.6 Å². The Hall–Kier alpha value is -3.51. The molecule has 30 heavy (non-hydrogen) atoms. The predicted octanol–water partition coefficient (Wildman–Crippen LogP) is 3.95. The number of ether oxygens (including phenoxy) is 1. The van der Waals surface area contributed by atoms with E-state index in [0.717, 1.165) is 49.1 Å². The third kappa shape index (κ3) is 5.30. The molecule has 1 saturated heterocycles. The Bertz CT molecular complexity index is 951. The Kier molecular flexibility index (Phi) is 6.15. The zero-order valence-corrected chi connectivity index (χ0v) is 16.7. The first-order valence-corrected chi connectivity index (χ1v) is 10.0. The molecule has 0 aromatic heterocycles. The molecule has 0 bridgehead atoms. The minimum absolute atomic E-state index is 0.0233. The fraction of sp³-hybridized carbons (Fsp3) is 0.208. The molecule has 3 aromatic carbocycles. The van der Waals surface area contributed by atoms with Crippen molar-refractivity contribution in [2.24, 2.45) is 0 Å². The van der Waals surface area contributed by atoms with Crippen LogP contribution in [0.1, 0.15) is 0 Å². The maximum Gasteiger partial charge on any atom is 0.238 e. The summed E-state index contributed by atoms with van der Waals surface area (Å²) in [6, 6.07) is 24.2. The number of carbonyl (C=O) groups is 1. The largest absolute Gasteiger partial charge is 0.508 e. The molecule has 1 heterocycles. The number of rotatable bonds is 6. The van der Waals surface area contributed by atoms with Gasteiger partial charge in [-0.05, 0) is 60.7 Å². The molecule has 6 nitrogen and oxygen atoms in total.